The highest BCUT2D eigenvalue weighted by Crippen LogP contribution is 2.34. The molecule has 1 aliphatic rings. The first-order chi connectivity index (χ1) is 9.97. The number of aromatic nitrogens is 3. The Bertz CT molecular complexity index is 766. The maximum Gasteiger partial charge on any atom is 0.269 e. The Morgan fingerprint density at radius 1 is 1.52 bits per heavy atom. The van der Waals surface area contributed by atoms with Crippen molar-refractivity contribution in [2.75, 3.05) is 4.90 Å². The quantitative estimate of drug-likeness (QED) is 0.494. The smallest absolute Gasteiger partial charge is 0.269 e. The van der Waals surface area contributed by atoms with Crippen molar-refractivity contribution in [3.8, 4) is 0 Å². The van der Waals surface area contributed by atoms with Crippen LogP contribution in [0.3, 0.4) is 0 Å². The van der Waals surface area contributed by atoms with Gasteiger partial charge in [0.2, 0.25) is 0 Å². The van der Waals surface area contributed by atoms with Crippen LogP contribution in [0, 0.1) is 14.9 Å². The van der Waals surface area contributed by atoms with Crippen LogP contribution in [0.25, 0.3) is 0 Å². The van der Waals surface area contributed by atoms with E-state index in [1.807, 2.05) is 13.1 Å². The molecule has 2 heterocycles. The summed E-state index contributed by atoms with van der Waals surface area (Å²) in [5.74, 6) is 0. The predicted octanol–water partition coefficient (Wildman–Crippen LogP) is 2.27. The van der Waals surface area contributed by atoms with Gasteiger partial charge < -0.3 is 9.47 Å². The second-order valence-corrected chi connectivity index (χ2v) is 5.62. The molecule has 21 heavy (non-hydrogen) atoms. The van der Waals surface area contributed by atoms with Gasteiger partial charge in [-0.05, 0) is 37.2 Å². The summed E-state index contributed by atoms with van der Waals surface area (Å²) in [5.41, 5.74) is 2.15. The van der Waals surface area contributed by atoms with Crippen LogP contribution < -0.4 is 4.90 Å². The largest absolute Gasteiger partial charge is 0.349 e. The fourth-order valence-corrected chi connectivity index (χ4v) is 2.82. The first-order valence-corrected chi connectivity index (χ1v) is 7.00. The van der Waals surface area contributed by atoms with E-state index in [-0.39, 0.29) is 16.7 Å². The minimum atomic E-state index is -0.359. The lowest BCUT2D eigenvalue weighted by molar-refractivity contribution is -0.384. The molecule has 0 radical (unpaired) electrons. The summed E-state index contributed by atoms with van der Waals surface area (Å²) in [7, 11) is 1.86. The summed E-state index contributed by atoms with van der Waals surface area (Å²) in [4.78, 5) is 12.7. The normalized spacial score (nSPS) is 17.0. The molecule has 0 N–H and O–H groups in total. The third-order valence-corrected chi connectivity index (χ3v) is 4.30. The lowest BCUT2D eigenvalue weighted by Crippen LogP contribution is -2.32. The predicted molar refractivity (Wildman–Crippen MR) is 80.8 cm³/mol. The molecule has 0 bridgehead atoms. The van der Waals surface area contributed by atoms with Gasteiger partial charge in [-0.1, -0.05) is 0 Å². The Labute approximate surface area is 126 Å². The summed E-state index contributed by atoms with van der Waals surface area (Å²) in [5, 5.41) is 15.1. The number of nitrogens with zero attached hydrogens (tertiary/aromatic N) is 5. The van der Waals surface area contributed by atoms with Crippen LogP contribution >= 0.6 is 12.2 Å². The van der Waals surface area contributed by atoms with Crippen LogP contribution in [0.2, 0.25) is 0 Å². The van der Waals surface area contributed by atoms with Gasteiger partial charge in [0.1, 0.15) is 13.0 Å². The number of rotatable bonds is 3. The minimum Gasteiger partial charge on any atom is -0.349 e. The number of hydrogen-bond donors (Lipinski definition) is 0. The van der Waals surface area contributed by atoms with E-state index in [0.717, 1.165) is 17.7 Å². The number of non-ortho nitro benzene ring substituents is 1. The molecule has 8 heteroatoms. The van der Waals surface area contributed by atoms with Crippen molar-refractivity contribution in [3.05, 3.63) is 45.0 Å². The average molecular weight is 305 g/mol. The average Bonchev–Trinajstić information content (AvgIpc) is 2.92. The van der Waals surface area contributed by atoms with Gasteiger partial charge in [0, 0.05) is 30.9 Å². The van der Waals surface area contributed by atoms with Crippen LogP contribution in [0.15, 0.2) is 24.5 Å². The van der Waals surface area contributed by atoms with E-state index < -0.39 is 0 Å². The van der Waals surface area contributed by atoms with E-state index in [1.165, 1.54) is 0 Å². The lowest BCUT2D eigenvalue weighted by atomic mass is 10.1. The molecule has 1 unspecified atom stereocenters. The number of anilines is 1. The number of fused-ring (bicyclic) bond motifs is 1. The third-order valence-electron chi connectivity index (χ3n) is 3.80. The molecule has 1 aromatic carbocycles. The van der Waals surface area contributed by atoms with Gasteiger partial charge >= 0.3 is 0 Å². The Balaban J connectivity index is 1.94. The Hall–Kier alpha value is -2.22. The summed E-state index contributed by atoms with van der Waals surface area (Å²) in [6, 6.07) is 5.26. The van der Waals surface area contributed by atoms with Gasteiger partial charge in [0.25, 0.3) is 5.69 Å². The van der Waals surface area contributed by atoms with Gasteiger partial charge in [-0.15, -0.1) is 0 Å². The highest BCUT2D eigenvalue weighted by molar-refractivity contribution is 7.71. The highest BCUT2D eigenvalue weighted by Gasteiger charge is 2.28. The van der Waals surface area contributed by atoms with E-state index in [1.54, 1.807) is 27.7 Å². The maximum atomic E-state index is 10.9. The van der Waals surface area contributed by atoms with Gasteiger partial charge in [0.05, 0.1) is 4.92 Å². The zero-order valence-corrected chi connectivity index (χ0v) is 12.6. The molecule has 3 rings (SSSR count). The standard InChI is InChI=1S/C13H15N5O2S/c1-9-5-10-6-11(18(19)20)3-4-12(10)16(9)8-17-13(21)15(2)7-14-17/h3-4,6-7,9H,5,8H2,1-2H3. The lowest BCUT2D eigenvalue weighted by Gasteiger charge is -2.24. The van der Waals surface area contributed by atoms with Crippen LogP contribution in [-0.4, -0.2) is 25.3 Å². The summed E-state index contributed by atoms with van der Waals surface area (Å²) in [6.07, 6.45) is 2.47. The Morgan fingerprint density at radius 2 is 2.29 bits per heavy atom. The number of nitro groups is 1. The van der Waals surface area contributed by atoms with E-state index in [9.17, 15) is 10.1 Å². The molecule has 1 aliphatic heterocycles. The van der Waals surface area contributed by atoms with Gasteiger partial charge in [0.15, 0.2) is 4.77 Å². The van der Waals surface area contributed by atoms with Crippen molar-refractivity contribution in [3.63, 3.8) is 0 Å². The molecule has 110 valence electrons. The Kier molecular flexibility index (Phi) is 3.25. The minimum absolute atomic E-state index is 0.136. The zero-order valence-electron chi connectivity index (χ0n) is 11.8. The summed E-state index contributed by atoms with van der Waals surface area (Å²) in [6.45, 7) is 2.64. The first-order valence-electron chi connectivity index (χ1n) is 6.60. The number of benzene rings is 1. The highest BCUT2D eigenvalue weighted by atomic mass is 32.1. The molecular weight excluding hydrogens is 290 g/mol. The molecular formula is C13H15N5O2S. The van der Waals surface area contributed by atoms with Crippen molar-refractivity contribution < 1.29 is 4.92 Å². The first kappa shape index (κ1) is 13.7. The molecule has 0 saturated carbocycles. The van der Waals surface area contributed by atoms with Crippen LogP contribution in [-0.2, 0) is 20.1 Å². The van der Waals surface area contributed by atoms with E-state index in [0.29, 0.717) is 11.4 Å². The van der Waals surface area contributed by atoms with Crippen LogP contribution in [0.4, 0.5) is 11.4 Å². The van der Waals surface area contributed by atoms with Crippen molar-refractivity contribution >= 4 is 23.6 Å². The van der Waals surface area contributed by atoms with Crippen molar-refractivity contribution in [1.82, 2.24) is 14.3 Å². The topological polar surface area (TPSA) is 69.1 Å². The molecule has 0 spiro atoms. The second-order valence-electron chi connectivity index (χ2n) is 5.26. The summed E-state index contributed by atoms with van der Waals surface area (Å²) >= 11 is 5.30. The van der Waals surface area contributed by atoms with Crippen LogP contribution in [0.1, 0.15) is 12.5 Å². The fourth-order valence-electron chi connectivity index (χ4n) is 2.67. The molecule has 0 saturated heterocycles. The van der Waals surface area contributed by atoms with E-state index in [2.05, 4.69) is 16.9 Å². The summed E-state index contributed by atoms with van der Waals surface area (Å²) < 4.78 is 4.19. The third kappa shape index (κ3) is 2.31. The van der Waals surface area contributed by atoms with E-state index >= 15 is 0 Å². The molecule has 1 aromatic heterocycles. The van der Waals surface area contributed by atoms with Crippen LogP contribution in [0.5, 0.6) is 0 Å². The molecule has 0 fully saturated rings. The Morgan fingerprint density at radius 3 is 2.90 bits per heavy atom. The SMILES string of the molecule is CC1Cc2cc([N+](=O)[O-])ccc2N1Cn1ncn(C)c1=S. The van der Waals surface area contributed by atoms with Crippen molar-refractivity contribution in [1.29, 1.82) is 0 Å². The van der Waals surface area contributed by atoms with Gasteiger partial charge in [-0.3, -0.25) is 10.1 Å². The van der Waals surface area contributed by atoms with Gasteiger partial charge in [-0.2, -0.15) is 5.10 Å². The molecule has 1 atom stereocenters. The number of aryl methyl sites for hydroxylation is 1. The monoisotopic (exact) mass is 305 g/mol. The van der Waals surface area contributed by atoms with Gasteiger partial charge in [-0.25, -0.2) is 4.68 Å². The molecule has 0 amide bonds. The number of hydrogen-bond acceptors (Lipinski definition) is 5. The number of nitro benzene ring substituents is 1. The van der Waals surface area contributed by atoms with E-state index in [4.69, 9.17) is 12.2 Å². The fraction of sp³-hybridized carbons (Fsp3) is 0.385. The van der Waals surface area contributed by atoms with Crippen molar-refractivity contribution in [2.45, 2.75) is 26.1 Å². The maximum absolute atomic E-state index is 10.9. The molecule has 2 aromatic rings. The molecule has 7 nitrogen and oxygen atoms in total. The second kappa shape index (κ2) is 4.96. The zero-order chi connectivity index (χ0) is 15.1. The molecule has 0 aliphatic carbocycles. The van der Waals surface area contributed by atoms with Crippen molar-refractivity contribution in [2.24, 2.45) is 7.05 Å².